The number of rotatable bonds is 3. The molecule has 0 aromatic heterocycles. The highest BCUT2D eigenvalue weighted by Crippen LogP contribution is 2.33. The number of alkyl halides is 1. The van der Waals surface area contributed by atoms with E-state index in [0.717, 1.165) is 11.1 Å². The largest absolute Gasteiger partial charge is 0.455 e. The van der Waals surface area contributed by atoms with Crippen LogP contribution in [0.2, 0.25) is 10.0 Å². The topological polar surface area (TPSA) is 9.23 Å². The van der Waals surface area contributed by atoms with E-state index in [9.17, 15) is 0 Å². The van der Waals surface area contributed by atoms with Gasteiger partial charge < -0.3 is 4.74 Å². The summed E-state index contributed by atoms with van der Waals surface area (Å²) < 4.78 is 5.76. The highest BCUT2D eigenvalue weighted by molar-refractivity contribution is 6.32. The Morgan fingerprint density at radius 1 is 1.00 bits per heavy atom. The van der Waals surface area contributed by atoms with Gasteiger partial charge >= 0.3 is 0 Å². The van der Waals surface area contributed by atoms with Crippen molar-refractivity contribution in [3.63, 3.8) is 0 Å². The van der Waals surface area contributed by atoms with Gasteiger partial charge in [-0.05, 0) is 42.3 Å². The minimum Gasteiger partial charge on any atom is -0.455 e. The Bertz CT molecular complexity index is 567. The highest BCUT2D eigenvalue weighted by Gasteiger charge is 2.07. The molecule has 0 spiro atoms. The van der Waals surface area contributed by atoms with Gasteiger partial charge in [-0.15, -0.1) is 11.6 Å². The minimum absolute atomic E-state index is 0.427. The minimum atomic E-state index is 0.427. The summed E-state index contributed by atoms with van der Waals surface area (Å²) in [6, 6.07) is 11.0. The molecule has 0 fully saturated rings. The second kappa shape index (κ2) is 5.83. The van der Waals surface area contributed by atoms with E-state index < -0.39 is 0 Å². The molecule has 0 aliphatic rings. The van der Waals surface area contributed by atoms with Crippen LogP contribution in [0, 0.1) is 6.92 Å². The number of hydrogen-bond donors (Lipinski definition) is 0. The molecule has 2 rings (SSSR count). The maximum absolute atomic E-state index is 6.13. The first-order valence-electron chi connectivity index (χ1n) is 5.38. The third-order valence-electron chi connectivity index (χ3n) is 2.52. The fourth-order valence-electron chi connectivity index (χ4n) is 1.51. The van der Waals surface area contributed by atoms with Crippen molar-refractivity contribution in [2.45, 2.75) is 12.8 Å². The Balaban J connectivity index is 2.31. The van der Waals surface area contributed by atoms with Crippen molar-refractivity contribution >= 4 is 34.8 Å². The van der Waals surface area contributed by atoms with Crippen LogP contribution in [-0.4, -0.2) is 0 Å². The second-order valence-electron chi connectivity index (χ2n) is 3.91. The predicted octanol–water partition coefficient (Wildman–Crippen LogP) is 5.83. The SMILES string of the molecule is Cc1ccc(Cl)cc1Oc1ccc(CCl)cc1Cl. The molecule has 2 aromatic rings. The first-order valence-corrected chi connectivity index (χ1v) is 6.67. The van der Waals surface area contributed by atoms with E-state index >= 15 is 0 Å². The molecule has 0 amide bonds. The van der Waals surface area contributed by atoms with E-state index in [4.69, 9.17) is 39.5 Å². The van der Waals surface area contributed by atoms with E-state index in [0.29, 0.717) is 27.4 Å². The van der Waals surface area contributed by atoms with Gasteiger partial charge in [0.1, 0.15) is 11.5 Å². The Labute approximate surface area is 121 Å². The fraction of sp³-hybridized carbons (Fsp3) is 0.143. The van der Waals surface area contributed by atoms with E-state index in [1.54, 1.807) is 18.2 Å². The lowest BCUT2D eigenvalue weighted by Crippen LogP contribution is -1.89. The molecule has 2 aromatic carbocycles. The van der Waals surface area contributed by atoms with Gasteiger partial charge in [-0.2, -0.15) is 0 Å². The molecule has 4 heteroatoms. The van der Waals surface area contributed by atoms with Crippen LogP contribution >= 0.6 is 34.8 Å². The lowest BCUT2D eigenvalue weighted by atomic mass is 10.2. The molecule has 94 valence electrons. The summed E-state index contributed by atoms with van der Waals surface area (Å²) in [6.45, 7) is 1.95. The Morgan fingerprint density at radius 2 is 1.78 bits per heavy atom. The highest BCUT2D eigenvalue weighted by atomic mass is 35.5. The zero-order chi connectivity index (χ0) is 13.1. The van der Waals surface area contributed by atoms with Crippen molar-refractivity contribution in [3.05, 3.63) is 57.6 Å². The number of hydrogen-bond acceptors (Lipinski definition) is 1. The third-order valence-corrected chi connectivity index (χ3v) is 3.36. The van der Waals surface area contributed by atoms with Crippen LogP contribution in [0.4, 0.5) is 0 Å². The number of aryl methyl sites for hydroxylation is 1. The zero-order valence-electron chi connectivity index (χ0n) is 9.71. The van der Waals surface area contributed by atoms with E-state index in [1.807, 2.05) is 25.1 Å². The zero-order valence-corrected chi connectivity index (χ0v) is 12.0. The van der Waals surface area contributed by atoms with Gasteiger partial charge in [0.05, 0.1) is 5.02 Å². The molecule has 0 saturated heterocycles. The van der Waals surface area contributed by atoms with Crippen LogP contribution in [0.15, 0.2) is 36.4 Å². The van der Waals surface area contributed by atoms with Gasteiger partial charge in [-0.25, -0.2) is 0 Å². The smallest absolute Gasteiger partial charge is 0.146 e. The summed E-state index contributed by atoms with van der Waals surface area (Å²) in [6.07, 6.45) is 0. The van der Waals surface area contributed by atoms with Crippen molar-refractivity contribution in [2.75, 3.05) is 0 Å². The molecular formula is C14H11Cl3O. The van der Waals surface area contributed by atoms with Crippen molar-refractivity contribution < 1.29 is 4.74 Å². The molecule has 0 heterocycles. The quantitative estimate of drug-likeness (QED) is 0.648. The van der Waals surface area contributed by atoms with Crippen LogP contribution in [0.3, 0.4) is 0 Å². The standard InChI is InChI=1S/C14H11Cl3O/c1-9-2-4-11(16)7-14(9)18-13-5-3-10(8-15)6-12(13)17/h2-7H,8H2,1H3. The molecule has 18 heavy (non-hydrogen) atoms. The van der Waals surface area contributed by atoms with Gasteiger partial charge in [-0.1, -0.05) is 35.3 Å². The normalized spacial score (nSPS) is 10.4. The van der Waals surface area contributed by atoms with Crippen LogP contribution < -0.4 is 4.74 Å². The first-order chi connectivity index (χ1) is 8.60. The molecule has 0 N–H and O–H groups in total. The molecule has 0 unspecified atom stereocenters. The lowest BCUT2D eigenvalue weighted by molar-refractivity contribution is 0.479. The number of ether oxygens (including phenoxy) is 1. The van der Waals surface area contributed by atoms with Crippen LogP contribution in [0.5, 0.6) is 11.5 Å². The van der Waals surface area contributed by atoms with Crippen LogP contribution in [0.25, 0.3) is 0 Å². The molecule has 0 bridgehead atoms. The maximum atomic E-state index is 6.13. The molecular weight excluding hydrogens is 291 g/mol. The molecule has 0 saturated carbocycles. The average Bonchev–Trinajstić information content (AvgIpc) is 2.36. The van der Waals surface area contributed by atoms with Gasteiger partial charge in [0.15, 0.2) is 0 Å². The number of benzene rings is 2. The van der Waals surface area contributed by atoms with Crippen LogP contribution in [0.1, 0.15) is 11.1 Å². The number of halogens is 3. The van der Waals surface area contributed by atoms with Crippen molar-refractivity contribution in [1.82, 2.24) is 0 Å². The fourth-order valence-corrected chi connectivity index (χ4v) is 2.08. The van der Waals surface area contributed by atoms with Crippen LogP contribution in [-0.2, 0) is 5.88 Å². The Morgan fingerprint density at radius 3 is 2.44 bits per heavy atom. The maximum Gasteiger partial charge on any atom is 0.146 e. The summed E-state index contributed by atoms with van der Waals surface area (Å²) in [5, 5.41) is 1.16. The molecule has 0 aliphatic carbocycles. The van der Waals surface area contributed by atoms with Crippen molar-refractivity contribution in [1.29, 1.82) is 0 Å². The van der Waals surface area contributed by atoms with E-state index in [-0.39, 0.29) is 0 Å². The molecule has 0 radical (unpaired) electrons. The van der Waals surface area contributed by atoms with Crippen molar-refractivity contribution in [2.24, 2.45) is 0 Å². The summed E-state index contributed by atoms with van der Waals surface area (Å²) in [7, 11) is 0. The molecule has 0 aliphatic heterocycles. The third kappa shape index (κ3) is 3.11. The monoisotopic (exact) mass is 300 g/mol. The Hall–Kier alpha value is -0.890. The van der Waals surface area contributed by atoms with Gasteiger partial charge in [-0.3, -0.25) is 0 Å². The molecule has 0 atom stereocenters. The molecule has 1 nitrogen and oxygen atoms in total. The average molecular weight is 302 g/mol. The van der Waals surface area contributed by atoms with E-state index in [2.05, 4.69) is 0 Å². The summed E-state index contributed by atoms with van der Waals surface area (Å²) in [4.78, 5) is 0. The van der Waals surface area contributed by atoms with E-state index in [1.165, 1.54) is 0 Å². The van der Waals surface area contributed by atoms with Gasteiger partial charge in [0, 0.05) is 10.9 Å². The van der Waals surface area contributed by atoms with Gasteiger partial charge in [0.2, 0.25) is 0 Å². The van der Waals surface area contributed by atoms with Crippen molar-refractivity contribution in [3.8, 4) is 11.5 Å². The summed E-state index contributed by atoms with van der Waals surface area (Å²) >= 11 is 17.8. The second-order valence-corrected chi connectivity index (χ2v) is 5.02. The summed E-state index contributed by atoms with van der Waals surface area (Å²) in [5.41, 5.74) is 1.95. The summed E-state index contributed by atoms with van der Waals surface area (Å²) in [5.74, 6) is 1.72. The lowest BCUT2D eigenvalue weighted by Gasteiger charge is -2.11. The first kappa shape index (κ1) is 13.5. The van der Waals surface area contributed by atoms with Gasteiger partial charge in [0.25, 0.3) is 0 Å². The predicted molar refractivity (Wildman–Crippen MR) is 77.3 cm³/mol. The Kier molecular flexibility index (Phi) is 4.39.